The fraction of sp³-hybridized carbons (Fsp3) is 0.200. The maximum absolute atomic E-state index is 6.11. The van der Waals surface area contributed by atoms with Gasteiger partial charge >= 0.3 is 0 Å². The minimum atomic E-state index is 0.483. The van der Waals surface area contributed by atoms with Crippen molar-refractivity contribution >= 4 is 46.0 Å². The zero-order valence-corrected chi connectivity index (χ0v) is 13.5. The summed E-state index contributed by atoms with van der Waals surface area (Å²) >= 11 is 18.1. The summed E-state index contributed by atoms with van der Waals surface area (Å²) in [6.45, 7) is 2.01. The van der Waals surface area contributed by atoms with E-state index in [1.807, 2.05) is 29.7 Å². The molecule has 0 aliphatic rings. The molecule has 0 fully saturated rings. The number of pyridine rings is 1. The highest BCUT2D eigenvalue weighted by molar-refractivity contribution is 6.34. The lowest BCUT2D eigenvalue weighted by atomic mass is 10.2. The third kappa shape index (κ3) is 2.73. The zero-order valence-electron chi connectivity index (χ0n) is 11.3. The van der Waals surface area contributed by atoms with Crippen LogP contribution in [0.15, 0.2) is 30.5 Å². The number of hydrogen-bond donors (Lipinski definition) is 0. The van der Waals surface area contributed by atoms with Crippen LogP contribution in [0.5, 0.6) is 0 Å². The van der Waals surface area contributed by atoms with Crippen LogP contribution in [0.4, 0.5) is 0 Å². The van der Waals surface area contributed by atoms with E-state index in [2.05, 4.69) is 9.97 Å². The molecule has 0 aliphatic heterocycles. The van der Waals surface area contributed by atoms with Crippen molar-refractivity contribution in [3.63, 3.8) is 0 Å². The summed E-state index contributed by atoms with van der Waals surface area (Å²) in [6.07, 6.45) is 2.41. The lowest BCUT2D eigenvalue weighted by molar-refractivity contribution is 0.905. The van der Waals surface area contributed by atoms with E-state index in [9.17, 15) is 0 Å². The lowest BCUT2D eigenvalue weighted by Gasteiger charge is -2.09. The molecule has 1 aromatic carbocycles. The van der Waals surface area contributed by atoms with Crippen LogP contribution in [0, 0.1) is 6.92 Å². The molecule has 21 heavy (non-hydrogen) atoms. The van der Waals surface area contributed by atoms with E-state index in [0.717, 1.165) is 28.2 Å². The maximum atomic E-state index is 6.11. The van der Waals surface area contributed by atoms with Crippen LogP contribution in [0.1, 0.15) is 11.4 Å². The minimum absolute atomic E-state index is 0.483. The number of alkyl halides is 1. The highest BCUT2D eigenvalue weighted by Gasteiger charge is 2.15. The first kappa shape index (κ1) is 14.6. The molecule has 3 aromatic rings. The molecule has 0 radical (unpaired) electrons. The second kappa shape index (κ2) is 5.84. The van der Waals surface area contributed by atoms with Crippen LogP contribution >= 0.6 is 34.8 Å². The molecule has 0 bridgehead atoms. The summed E-state index contributed by atoms with van der Waals surface area (Å²) in [5.74, 6) is 1.33. The SMILES string of the molecule is Cc1ccnc2c1nc(CCCl)n2-c1cc(Cl)cc(Cl)c1. The molecule has 0 atom stereocenters. The van der Waals surface area contributed by atoms with Gasteiger partial charge in [0.05, 0.1) is 5.69 Å². The fourth-order valence-corrected chi connectivity index (χ4v) is 3.01. The second-order valence-electron chi connectivity index (χ2n) is 4.73. The number of imidazole rings is 1. The third-order valence-corrected chi connectivity index (χ3v) is 3.87. The van der Waals surface area contributed by atoms with Crippen molar-refractivity contribution in [2.45, 2.75) is 13.3 Å². The third-order valence-electron chi connectivity index (χ3n) is 3.24. The van der Waals surface area contributed by atoms with Crippen LogP contribution < -0.4 is 0 Å². The number of nitrogens with zero attached hydrogens (tertiary/aromatic N) is 3. The van der Waals surface area contributed by atoms with Gasteiger partial charge in [0.1, 0.15) is 11.3 Å². The van der Waals surface area contributed by atoms with Gasteiger partial charge in [-0.1, -0.05) is 23.2 Å². The van der Waals surface area contributed by atoms with Crippen molar-refractivity contribution in [3.8, 4) is 5.69 Å². The van der Waals surface area contributed by atoms with E-state index in [1.165, 1.54) is 0 Å². The molecule has 3 nitrogen and oxygen atoms in total. The lowest BCUT2D eigenvalue weighted by Crippen LogP contribution is -2.03. The summed E-state index contributed by atoms with van der Waals surface area (Å²) in [7, 11) is 0. The smallest absolute Gasteiger partial charge is 0.164 e. The number of fused-ring (bicyclic) bond motifs is 1. The quantitative estimate of drug-likeness (QED) is 0.640. The van der Waals surface area contributed by atoms with E-state index in [1.54, 1.807) is 12.3 Å². The Balaban J connectivity index is 2.33. The van der Waals surface area contributed by atoms with Gasteiger partial charge in [-0.25, -0.2) is 9.97 Å². The van der Waals surface area contributed by atoms with E-state index in [4.69, 9.17) is 34.8 Å². The molecule has 6 heteroatoms. The summed E-state index contributed by atoms with van der Waals surface area (Å²) in [6, 6.07) is 7.33. The Bertz CT molecular complexity index is 791. The van der Waals surface area contributed by atoms with Crippen LogP contribution in [0.25, 0.3) is 16.9 Å². The first-order chi connectivity index (χ1) is 10.1. The molecule has 108 valence electrons. The van der Waals surface area contributed by atoms with Gasteiger partial charge in [0.15, 0.2) is 5.65 Å². The van der Waals surface area contributed by atoms with Crippen molar-refractivity contribution < 1.29 is 0 Å². The van der Waals surface area contributed by atoms with Gasteiger partial charge in [0.25, 0.3) is 0 Å². The van der Waals surface area contributed by atoms with Crippen LogP contribution in [0.2, 0.25) is 10.0 Å². The highest BCUT2D eigenvalue weighted by Crippen LogP contribution is 2.27. The van der Waals surface area contributed by atoms with Gasteiger partial charge in [-0.2, -0.15) is 0 Å². The van der Waals surface area contributed by atoms with Gasteiger partial charge in [-0.3, -0.25) is 4.57 Å². The normalized spacial score (nSPS) is 11.2. The fourth-order valence-electron chi connectivity index (χ4n) is 2.33. The Kier molecular flexibility index (Phi) is 4.07. The van der Waals surface area contributed by atoms with Crippen molar-refractivity contribution in [1.82, 2.24) is 14.5 Å². The number of rotatable bonds is 3. The monoisotopic (exact) mass is 339 g/mol. The summed E-state index contributed by atoms with van der Waals surface area (Å²) in [4.78, 5) is 9.12. The molecular weight excluding hydrogens is 329 g/mol. The molecule has 0 unspecified atom stereocenters. The van der Waals surface area contributed by atoms with Crippen molar-refractivity contribution in [1.29, 1.82) is 0 Å². The molecule has 2 aromatic heterocycles. The molecule has 0 saturated heterocycles. The van der Waals surface area contributed by atoms with Crippen molar-refractivity contribution in [2.75, 3.05) is 5.88 Å². The molecular formula is C15H12Cl3N3. The van der Waals surface area contributed by atoms with Crippen molar-refractivity contribution in [2.24, 2.45) is 0 Å². The molecule has 0 N–H and O–H groups in total. The van der Waals surface area contributed by atoms with E-state index >= 15 is 0 Å². The largest absolute Gasteiger partial charge is 0.281 e. The number of hydrogen-bond acceptors (Lipinski definition) is 2. The number of aromatic nitrogens is 3. The number of halogens is 3. The van der Waals surface area contributed by atoms with Gasteiger partial charge in [0.2, 0.25) is 0 Å². The zero-order chi connectivity index (χ0) is 15.0. The van der Waals surface area contributed by atoms with Gasteiger partial charge < -0.3 is 0 Å². The molecule has 2 heterocycles. The van der Waals surface area contributed by atoms with E-state index < -0.39 is 0 Å². The van der Waals surface area contributed by atoms with Crippen LogP contribution in [-0.4, -0.2) is 20.4 Å². The van der Waals surface area contributed by atoms with Crippen molar-refractivity contribution in [3.05, 3.63) is 51.9 Å². The Morgan fingerprint density at radius 1 is 1.14 bits per heavy atom. The summed E-state index contributed by atoms with van der Waals surface area (Å²) < 4.78 is 1.96. The predicted octanol–water partition coefficient (Wildman–Crippen LogP) is 4.82. The maximum Gasteiger partial charge on any atom is 0.164 e. The van der Waals surface area contributed by atoms with E-state index in [0.29, 0.717) is 22.3 Å². The molecule has 0 amide bonds. The first-order valence-corrected chi connectivity index (χ1v) is 7.74. The molecule has 0 saturated carbocycles. The molecule has 0 spiro atoms. The number of aryl methyl sites for hydroxylation is 2. The molecule has 0 aliphatic carbocycles. The average molecular weight is 341 g/mol. The minimum Gasteiger partial charge on any atom is -0.281 e. The Hall–Kier alpha value is -1.29. The van der Waals surface area contributed by atoms with Crippen LogP contribution in [-0.2, 0) is 6.42 Å². The van der Waals surface area contributed by atoms with Gasteiger partial charge in [0, 0.05) is 28.5 Å². The summed E-state index contributed by atoms with van der Waals surface area (Å²) in [5.41, 5.74) is 3.57. The van der Waals surface area contributed by atoms with E-state index in [-0.39, 0.29) is 0 Å². The van der Waals surface area contributed by atoms with Gasteiger partial charge in [-0.15, -0.1) is 11.6 Å². The average Bonchev–Trinajstić information content (AvgIpc) is 2.78. The van der Waals surface area contributed by atoms with Crippen LogP contribution in [0.3, 0.4) is 0 Å². The number of benzene rings is 1. The standard InChI is InChI=1S/C15H12Cl3N3/c1-9-3-5-19-15-14(9)20-13(2-4-16)21(15)12-7-10(17)6-11(18)8-12/h3,5-8H,2,4H2,1H3. The Morgan fingerprint density at radius 3 is 2.52 bits per heavy atom. The first-order valence-electron chi connectivity index (χ1n) is 6.45. The topological polar surface area (TPSA) is 30.7 Å². The Labute approximate surface area is 137 Å². The molecule has 3 rings (SSSR count). The second-order valence-corrected chi connectivity index (χ2v) is 5.98. The van der Waals surface area contributed by atoms with Gasteiger partial charge in [-0.05, 0) is 36.8 Å². The Morgan fingerprint density at radius 2 is 1.86 bits per heavy atom. The summed E-state index contributed by atoms with van der Waals surface area (Å²) in [5, 5.41) is 1.15. The predicted molar refractivity (Wildman–Crippen MR) is 88.0 cm³/mol. The highest BCUT2D eigenvalue weighted by atomic mass is 35.5.